The van der Waals surface area contributed by atoms with Gasteiger partial charge in [0.25, 0.3) is 0 Å². The second-order valence-electron chi connectivity index (χ2n) is 7.48. The number of hydrogen-bond acceptors (Lipinski definition) is 5. The summed E-state index contributed by atoms with van der Waals surface area (Å²) in [6.07, 6.45) is -0.320. The number of nitrogens with zero attached hydrogens (tertiary/aromatic N) is 2. The summed E-state index contributed by atoms with van der Waals surface area (Å²) in [6, 6.07) is -0.0268. The van der Waals surface area contributed by atoms with Crippen LogP contribution in [0.15, 0.2) is 0 Å². The number of nitrogens with one attached hydrogen (secondary N) is 1. The van der Waals surface area contributed by atoms with E-state index in [4.69, 9.17) is 10.5 Å². The first-order valence-corrected chi connectivity index (χ1v) is 8.31. The lowest BCUT2D eigenvalue weighted by Gasteiger charge is -2.40. The minimum absolute atomic E-state index is 0.00266. The van der Waals surface area contributed by atoms with Crippen molar-refractivity contribution in [2.24, 2.45) is 11.7 Å². The van der Waals surface area contributed by atoms with Crippen molar-refractivity contribution < 1.29 is 14.3 Å². The van der Waals surface area contributed by atoms with Gasteiger partial charge in [0.2, 0.25) is 5.91 Å². The zero-order chi connectivity index (χ0) is 17.6. The Labute approximate surface area is 139 Å². The Bertz CT molecular complexity index is 407. The maximum Gasteiger partial charge on any atom is 0.410 e. The highest BCUT2D eigenvalue weighted by Crippen LogP contribution is 2.14. The monoisotopic (exact) mass is 328 g/mol. The van der Waals surface area contributed by atoms with Gasteiger partial charge in [-0.15, -0.1) is 0 Å². The maximum atomic E-state index is 12.1. The molecule has 1 rings (SSSR count). The summed E-state index contributed by atoms with van der Waals surface area (Å²) in [5.74, 6) is 0.427. The summed E-state index contributed by atoms with van der Waals surface area (Å²) < 4.78 is 5.40. The van der Waals surface area contributed by atoms with Crippen LogP contribution in [0.4, 0.5) is 4.79 Å². The highest BCUT2D eigenvalue weighted by molar-refractivity contribution is 5.78. The number of hydrogen-bond donors (Lipinski definition) is 2. The number of amides is 2. The van der Waals surface area contributed by atoms with Crippen LogP contribution in [-0.4, -0.2) is 72.7 Å². The van der Waals surface area contributed by atoms with Crippen LogP contribution in [0.1, 0.15) is 34.6 Å². The zero-order valence-electron chi connectivity index (χ0n) is 15.1. The van der Waals surface area contributed by atoms with Crippen molar-refractivity contribution in [1.29, 1.82) is 0 Å². The molecule has 0 aromatic carbocycles. The Balaban J connectivity index is 2.52. The van der Waals surface area contributed by atoms with Crippen molar-refractivity contribution in [3.63, 3.8) is 0 Å². The van der Waals surface area contributed by atoms with Gasteiger partial charge in [-0.25, -0.2) is 4.79 Å². The van der Waals surface area contributed by atoms with Crippen LogP contribution in [0.3, 0.4) is 0 Å². The molecule has 7 heteroatoms. The predicted octanol–water partition coefficient (Wildman–Crippen LogP) is 0.639. The summed E-state index contributed by atoms with van der Waals surface area (Å²) >= 11 is 0. The molecule has 1 aliphatic rings. The van der Waals surface area contributed by atoms with Crippen molar-refractivity contribution in [2.75, 3.05) is 39.3 Å². The summed E-state index contributed by atoms with van der Waals surface area (Å²) in [6.45, 7) is 12.7. The van der Waals surface area contributed by atoms with Crippen LogP contribution in [-0.2, 0) is 9.53 Å². The van der Waals surface area contributed by atoms with Gasteiger partial charge in [0.15, 0.2) is 0 Å². The van der Waals surface area contributed by atoms with Gasteiger partial charge in [0.05, 0.1) is 6.54 Å². The molecule has 0 bridgehead atoms. The topological polar surface area (TPSA) is 87.9 Å². The smallest absolute Gasteiger partial charge is 0.410 e. The van der Waals surface area contributed by atoms with Crippen molar-refractivity contribution in [1.82, 2.24) is 15.1 Å². The Morgan fingerprint density at radius 1 is 1.30 bits per heavy atom. The molecule has 1 saturated heterocycles. The molecule has 0 radical (unpaired) electrons. The molecule has 134 valence electrons. The van der Waals surface area contributed by atoms with E-state index in [-0.39, 0.29) is 18.0 Å². The third-order valence-corrected chi connectivity index (χ3v) is 3.58. The van der Waals surface area contributed by atoms with Crippen LogP contribution >= 0.6 is 0 Å². The van der Waals surface area contributed by atoms with Crippen LogP contribution < -0.4 is 11.1 Å². The summed E-state index contributed by atoms with van der Waals surface area (Å²) in [5.41, 5.74) is 5.32. The Morgan fingerprint density at radius 2 is 1.96 bits per heavy atom. The van der Waals surface area contributed by atoms with E-state index in [1.807, 2.05) is 25.7 Å². The maximum absolute atomic E-state index is 12.1. The van der Waals surface area contributed by atoms with Gasteiger partial charge in [-0.3, -0.25) is 9.69 Å². The van der Waals surface area contributed by atoms with Crippen molar-refractivity contribution in [2.45, 2.75) is 46.3 Å². The fourth-order valence-electron chi connectivity index (χ4n) is 2.38. The first-order chi connectivity index (χ1) is 10.6. The minimum atomic E-state index is -0.511. The summed E-state index contributed by atoms with van der Waals surface area (Å²) in [7, 11) is 0. The molecule has 0 spiro atoms. The van der Waals surface area contributed by atoms with Crippen LogP contribution in [0, 0.1) is 5.92 Å². The molecule has 3 N–H and O–H groups in total. The number of carbonyl (C=O) groups excluding carboxylic acids is 2. The lowest BCUT2D eigenvalue weighted by atomic mass is 10.1. The fourth-order valence-corrected chi connectivity index (χ4v) is 2.38. The highest BCUT2D eigenvalue weighted by Gasteiger charge is 2.32. The number of piperazine rings is 1. The second-order valence-corrected chi connectivity index (χ2v) is 7.48. The molecule has 23 heavy (non-hydrogen) atoms. The number of carbonyl (C=O) groups is 2. The number of nitrogens with two attached hydrogens (primary N) is 1. The van der Waals surface area contributed by atoms with Gasteiger partial charge in [-0.1, -0.05) is 13.8 Å². The third-order valence-electron chi connectivity index (χ3n) is 3.58. The molecule has 1 fully saturated rings. The first-order valence-electron chi connectivity index (χ1n) is 8.31. The second kappa shape index (κ2) is 8.49. The molecule has 1 atom stereocenters. The molecule has 1 heterocycles. The number of rotatable bonds is 5. The van der Waals surface area contributed by atoms with Gasteiger partial charge in [0.1, 0.15) is 5.60 Å². The van der Waals surface area contributed by atoms with Crippen LogP contribution in [0.5, 0.6) is 0 Å². The van der Waals surface area contributed by atoms with E-state index in [2.05, 4.69) is 19.2 Å². The average molecular weight is 328 g/mol. The van der Waals surface area contributed by atoms with E-state index in [1.165, 1.54) is 0 Å². The largest absolute Gasteiger partial charge is 0.444 e. The minimum Gasteiger partial charge on any atom is -0.444 e. The third kappa shape index (κ3) is 7.18. The van der Waals surface area contributed by atoms with E-state index in [0.717, 1.165) is 0 Å². The lowest BCUT2D eigenvalue weighted by molar-refractivity contribution is -0.123. The number of ether oxygens (including phenoxy) is 1. The van der Waals surface area contributed by atoms with E-state index in [0.29, 0.717) is 45.2 Å². The highest BCUT2D eigenvalue weighted by atomic mass is 16.6. The summed E-state index contributed by atoms with van der Waals surface area (Å²) in [5, 5.41) is 2.91. The van der Waals surface area contributed by atoms with Gasteiger partial charge in [-0.05, 0) is 26.7 Å². The molecule has 0 aliphatic carbocycles. The molecule has 0 aromatic rings. The quantitative estimate of drug-likeness (QED) is 0.773. The van der Waals surface area contributed by atoms with Crippen molar-refractivity contribution >= 4 is 12.0 Å². The van der Waals surface area contributed by atoms with Gasteiger partial charge >= 0.3 is 6.09 Å². The first kappa shape index (κ1) is 19.7. The van der Waals surface area contributed by atoms with Crippen molar-refractivity contribution in [3.05, 3.63) is 0 Å². The lowest BCUT2D eigenvalue weighted by Crippen LogP contribution is -2.59. The molecule has 1 aliphatic heterocycles. The molecule has 0 aromatic heterocycles. The van der Waals surface area contributed by atoms with E-state index >= 15 is 0 Å². The van der Waals surface area contributed by atoms with E-state index in [1.54, 1.807) is 4.90 Å². The normalized spacial score (nSPS) is 19.8. The molecule has 1 unspecified atom stereocenters. The molecular weight excluding hydrogens is 296 g/mol. The molecule has 2 amide bonds. The van der Waals surface area contributed by atoms with Crippen LogP contribution in [0.2, 0.25) is 0 Å². The van der Waals surface area contributed by atoms with Gasteiger partial charge < -0.3 is 20.7 Å². The van der Waals surface area contributed by atoms with E-state index < -0.39 is 5.60 Å². The Hall–Kier alpha value is -1.34. The zero-order valence-corrected chi connectivity index (χ0v) is 15.1. The van der Waals surface area contributed by atoms with Gasteiger partial charge in [0, 0.05) is 38.8 Å². The average Bonchev–Trinajstić information content (AvgIpc) is 2.43. The SMILES string of the molecule is CC(C)CNC(=O)CN1CCN(C(=O)OC(C)(C)C)CC1CN. The molecular formula is C16H32N4O3. The van der Waals surface area contributed by atoms with Crippen molar-refractivity contribution in [3.8, 4) is 0 Å². The molecule has 7 nitrogen and oxygen atoms in total. The standard InChI is InChI=1S/C16H32N4O3/c1-12(2)9-18-14(21)11-19-6-7-20(10-13(19)8-17)15(22)23-16(3,4)5/h12-13H,6-11,17H2,1-5H3,(H,18,21). The Morgan fingerprint density at radius 3 is 2.48 bits per heavy atom. The predicted molar refractivity (Wildman–Crippen MR) is 90.1 cm³/mol. The van der Waals surface area contributed by atoms with Gasteiger partial charge in [-0.2, -0.15) is 0 Å². The Kier molecular flexibility index (Phi) is 7.28. The fraction of sp³-hybridized carbons (Fsp3) is 0.875. The summed E-state index contributed by atoms with van der Waals surface area (Å²) in [4.78, 5) is 27.8. The molecule has 0 saturated carbocycles. The van der Waals surface area contributed by atoms with Crippen LogP contribution in [0.25, 0.3) is 0 Å². The van der Waals surface area contributed by atoms with E-state index in [9.17, 15) is 9.59 Å².